The molecule has 0 saturated carbocycles. The number of nitrogens with zero attached hydrogens (tertiary/aromatic N) is 1. The zero-order chi connectivity index (χ0) is 13.7. The quantitative estimate of drug-likeness (QED) is 0.815. The summed E-state index contributed by atoms with van der Waals surface area (Å²) in [5.41, 5.74) is 5.99. The van der Waals surface area contributed by atoms with E-state index in [1.807, 2.05) is 11.8 Å². The van der Waals surface area contributed by atoms with Crippen LogP contribution >= 0.6 is 12.4 Å². The highest BCUT2D eigenvalue weighted by Crippen LogP contribution is 2.17. The first-order valence-electron chi connectivity index (χ1n) is 7.11. The van der Waals surface area contributed by atoms with Gasteiger partial charge in [0.15, 0.2) is 0 Å². The third-order valence-corrected chi connectivity index (χ3v) is 3.66. The largest absolute Gasteiger partial charge is 0.376 e. The summed E-state index contributed by atoms with van der Waals surface area (Å²) in [4.78, 5) is 14.0. The van der Waals surface area contributed by atoms with Crippen LogP contribution in [0.4, 0.5) is 0 Å². The van der Waals surface area contributed by atoms with Gasteiger partial charge in [0.2, 0.25) is 5.91 Å². The summed E-state index contributed by atoms with van der Waals surface area (Å²) >= 11 is 0. The second kappa shape index (κ2) is 8.77. The molecule has 0 aliphatic carbocycles. The predicted molar refractivity (Wildman–Crippen MR) is 80.5 cm³/mol. The SMILES string of the molecule is CCC(C)C(N)C(=O)N1CCC(OCC(C)C)C1.Cl. The Morgan fingerprint density at radius 2 is 2.05 bits per heavy atom. The second-order valence-electron chi connectivity index (χ2n) is 5.83. The Labute approximate surface area is 123 Å². The van der Waals surface area contributed by atoms with Crippen LogP contribution < -0.4 is 5.73 Å². The van der Waals surface area contributed by atoms with Crippen LogP contribution in [0.25, 0.3) is 0 Å². The van der Waals surface area contributed by atoms with Crippen molar-refractivity contribution in [3.8, 4) is 0 Å². The molecule has 2 N–H and O–H groups in total. The van der Waals surface area contributed by atoms with Crippen LogP contribution in [-0.2, 0) is 9.53 Å². The van der Waals surface area contributed by atoms with Gasteiger partial charge in [-0.25, -0.2) is 0 Å². The molecule has 1 saturated heterocycles. The zero-order valence-corrected chi connectivity index (χ0v) is 13.4. The maximum atomic E-state index is 12.2. The minimum absolute atomic E-state index is 0. The van der Waals surface area contributed by atoms with Gasteiger partial charge in [-0.05, 0) is 18.3 Å². The molecule has 0 radical (unpaired) electrons. The van der Waals surface area contributed by atoms with E-state index >= 15 is 0 Å². The number of hydrogen-bond donors (Lipinski definition) is 1. The van der Waals surface area contributed by atoms with Crippen molar-refractivity contribution in [2.24, 2.45) is 17.6 Å². The zero-order valence-electron chi connectivity index (χ0n) is 12.6. The Balaban J connectivity index is 0.00000324. The molecular formula is C14H29ClN2O2. The van der Waals surface area contributed by atoms with E-state index in [0.717, 1.165) is 26.0 Å². The number of likely N-dealkylation sites (tertiary alicyclic amines) is 1. The highest BCUT2D eigenvalue weighted by Gasteiger charge is 2.31. The third-order valence-electron chi connectivity index (χ3n) is 3.66. The molecule has 5 heteroatoms. The molecule has 0 spiro atoms. The molecule has 3 atom stereocenters. The molecule has 1 aliphatic rings. The smallest absolute Gasteiger partial charge is 0.239 e. The van der Waals surface area contributed by atoms with E-state index in [1.165, 1.54) is 0 Å². The monoisotopic (exact) mass is 292 g/mol. The minimum Gasteiger partial charge on any atom is -0.376 e. The van der Waals surface area contributed by atoms with Crippen molar-refractivity contribution in [1.82, 2.24) is 4.90 Å². The molecule has 1 amide bonds. The summed E-state index contributed by atoms with van der Waals surface area (Å²) in [5, 5.41) is 0. The van der Waals surface area contributed by atoms with Crippen LogP contribution in [-0.4, -0.2) is 42.6 Å². The van der Waals surface area contributed by atoms with Crippen LogP contribution in [0, 0.1) is 11.8 Å². The van der Waals surface area contributed by atoms with Gasteiger partial charge in [0.25, 0.3) is 0 Å². The van der Waals surface area contributed by atoms with Gasteiger partial charge in [0.05, 0.1) is 12.1 Å². The van der Waals surface area contributed by atoms with Crippen molar-refractivity contribution < 1.29 is 9.53 Å². The predicted octanol–water partition coefficient (Wildman–Crippen LogP) is 2.06. The number of hydrogen-bond acceptors (Lipinski definition) is 3. The van der Waals surface area contributed by atoms with Crippen molar-refractivity contribution in [2.45, 2.75) is 52.7 Å². The number of halogens is 1. The fraction of sp³-hybridized carbons (Fsp3) is 0.929. The summed E-state index contributed by atoms with van der Waals surface area (Å²) < 4.78 is 5.78. The number of ether oxygens (including phenoxy) is 1. The summed E-state index contributed by atoms with van der Waals surface area (Å²) in [6.45, 7) is 10.6. The maximum absolute atomic E-state index is 12.2. The lowest BCUT2D eigenvalue weighted by Gasteiger charge is -2.24. The molecule has 1 rings (SSSR count). The van der Waals surface area contributed by atoms with Gasteiger partial charge in [-0.15, -0.1) is 12.4 Å². The first kappa shape index (κ1) is 18.7. The fourth-order valence-electron chi connectivity index (χ4n) is 2.10. The highest BCUT2D eigenvalue weighted by atomic mass is 35.5. The van der Waals surface area contributed by atoms with Gasteiger partial charge in [0, 0.05) is 19.7 Å². The van der Waals surface area contributed by atoms with Crippen LogP contribution in [0.3, 0.4) is 0 Å². The molecule has 0 bridgehead atoms. The van der Waals surface area contributed by atoms with E-state index in [0.29, 0.717) is 12.5 Å². The molecular weight excluding hydrogens is 264 g/mol. The molecule has 1 heterocycles. The van der Waals surface area contributed by atoms with Gasteiger partial charge < -0.3 is 15.4 Å². The lowest BCUT2D eigenvalue weighted by Crippen LogP contribution is -2.46. The molecule has 0 aromatic carbocycles. The van der Waals surface area contributed by atoms with Gasteiger partial charge in [-0.2, -0.15) is 0 Å². The molecule has 114 valence electrons. The Kier molecular flexibility index (Phi) is 8.62. The number of nitrogens with two attached hydrogens (primary N) is 1. The number of carbonyl (C=O) groups is 1. The van der Waals surface area contributed by atoms with Gasteiger partial charge in [-0.3, -0.25) is 4.79 Å². The average molecular weight is 293 g/mol. The van der Waals surface area contributed by atoms with E-state index < -0.39 is 0 Å². The lowest BCUT2D eigenvalue weighted by molar-refractivity contribution is -0.133. The second-order valence-corrected chi connectivity index (χ2v) is 5.83. The topological polar surface area (TPSA) is 55.6 Å². The molecule has 0 aromatic heterocycles. The standard InChI is InChI=1S/C14H28N2O2.ClH/c1-5-11(4)13(15)14(17)16-7-6-12(8-16)18-9-10(2)3;/h10-13H,5-9,15H2,1-4H3;1H. The van der Waals surface area contributed by atoms with Crippen molar-refractivity contribution >= 4 is 18.3 Å². The summed E-state index contributed by atoms with van der Waals surface area (Å²) in [5.74, 6) is 0.866. The normalized spacial score (nSPS) is 22.2. The average Bonchev–Trinajstić information content (AvgIpc) is 2.82. The van der Waals surface area contributed by atoms with E-state index in [4.69, 9.17) is 10.5 Å². The first-order valence-corrected chi connectivity index (χ1v) is 7.11. The van der Waals surface area contributed by atoms with Crippen molar-refractivity contribution in [3.63, 3.8) is 0 Å². The summed E-state index contributed by atoms with van der Waals surface area (Å²) in [7, 11) is 0. The number of amides is 1. The van der Waals surface area contributed by atoms with E-state index in [1.54, 1.807) is 0 Å². The Hall–Kier alpha value is -0.320. The van der Waals surface area contributed by atoms with E-state index in [9.17, 15) is 4.79 Å². The third kappa shape index (κ3) is 5.67. The maximum Gasteiger partial charge on any atom is 0.239 e. The van der Waals surface area contributed by atoms with Gasteiger partial charge in [0.1, 0.15) is 0 Å². The first-order chi connectivity index (χ1) is 8.45. The summed E-state index contributed by atoms with van der Waals surface area (Å²) in [6, 6.07) is -0.362. The molecule has 4 nitrogen and oxygen atoms in total. The molecule has 1 fully saturated rings. The minimum atomic E-state index is -0.362. The van der Waals surface area contributed by atoms with Crippen molar-refractivity contribution in [1.29, 1.82) is 0 Å². The van der Waals surface area contributed by atoms with Crippen molar-refractivity contribution in [3.05, 3.63) is 0 Å². The van der Waals surface area contributed by atoms with E-state index in [2.05, 4.69) is 20.8 Å². The Bertz CT molecular complexity index is 274. The number of rotatable bonds is 6. The van der Waals surface area contributed by atoms with Crippen LogP contribution in [0.15, 0.2) is 0 Å². The molecule has 3 unspecified atom stereocenters. The van der Waals surface area contributed by atoms with Crippen LogP contribution in [0.5, 0.6) is 0 Å². The van der Waals surface area contributed by atoms with Gasteiger partial charge in [-0.1, -0.05) is 34.1 Å². The van der Waals surface area contributed by atoms with Crippen LogP contribution in [0.1, 0.15) is 40.5 Å². The Morgan fingerprint density at radius 3 is 2.58 bits per heavy atom. The van der Waals surface area contributed by atoms with Crippen LogP contribution in [0.2, 0.25) is 0 Å². The number of carbonyl (C=O) groups excluding carboxylic acids is 1. The summed E-state index contributed by atoms with van der Waals surface area (Å²) in [6.07, 6.45) is 2.07. The Morgan fingerprint density at radius 1 is 1.42 bits per heavy atom. The highest BCUT2D eigenvalue weighted by molar-refractivity contribution is 5.85. The fourth-order valence-corrected chi connectivity index (χ4v) is 2.10. The molecule has 1 aliphatic heterocycles. The van der Waals surface area contributed by atoms with Crippen molar-refractivity contribution in [2.75, 3.05) is 19.7 Å². The molecule has 19 heavy (non-hydrogen) atoms. The lowest BCUT2D eigenvalue weighted by atomic mass is 9.99. The molecule has 0 aromatic rings. The van der Waals surface area contributed by atoms with Gasteiger partial charge >= 0.3 is 0 Å². The van der Waals surface area contributed by atoms with E-state index in [-0.39, 0.29) is 36.4 Å².